The summed E-state index contributed by atoms with van der Waals surface area (Å²) in [6.45, 7) is 6.49. The molecule has 15 heavy (non-hydrogen) atoms. The van der Waals surface area contributed by atoms with Gasteiger partial charge in [-0.05, 0) is 18.4 Å². The Labute approximate surface area is 97.4 Å². The van der Waals surface area contributed by atoms with E-state index >= 15 is 0 Å². The number of thioether (sulfide) groups is 1. The topological polar surface area (TPSA) is 26.0 Å². The summed E-state index contributed by atoms with van der Waals surface area (Å²) in [5, 5.41) is 0. The molecule has 0 aliphatic rings. The second kappa shape index (κ2) is 6.19. The summed E-state index contributed by atoms with van der Waals surface area (Å²) in [4.78, 5) is 0. The van der Waals surface area contributed by atoms with E-state index in [0.717, 1.165) is 11.5 Å². The fourth-order valence-electron chi connectivity index (χ4n) is 1.31. The SMILES string of the molecule is Cc1cccc(CSCC(N)C(C)C)c1. The van der Waals surface area contributed by atoms with Crippen molar-refractivity contribution in [3.63, 3.8) is 0 Å². The van der Waals surface area contributed by atoms with Crippen LogP contribution in [0.3, 0.4) is 0 Å². The molecule has 0 bridgehead atoms. The average Bonchev–Trinajstić information content (AvgIpc) is 2.17. The predicted molar refractivity (Wildman–Crippen MR) is 70.2 cm³/mol. The molecule has 0 saturated carbocycles. The van der Waals surface area contributed by atoms with Crippen LogP contribution in [0.4, 0.5) is 0 Å². The zero-order chi connectivity index (χ0) is 11.3. The van der Waals surface area contributed by atoms with Crippen molar-refractivity contribution in [1.82, 2.24) is 0 Å². The summed E-state index contributed by atoms with van der Waals surface area (Å²) in [5.41, 5.74) is 8.72. The summed E-state index contributed by atoms with van der Waals surface area (Å²) < 4.78 is 0. The van der Waals surface area contributed by atoms with Crippen LogP contribution in [-0.2, 0) is 5.75 Å². The fraction of sp³-hybridized carbons (Fsp3) is 0.538. The van der Waals surface area contributed by atoms with Gasteiger partial charge >= 0.3 is 0 Å². The van der Waals surface area contributed by atoms with E-state index in [1.807, 2.05) is 11.8 Å². The average molecular weight is 223 g/mol. The molecule has 1 rings (SSSR count). The number of rotatable bonds is 5. The van der Waals surface area contributed by atoms with Crippen molar-refractivity contribution in [1.29, 1.82) is 0 Å². The van der Waals surface area contributed by atoms with Crippen molar-refractivity contribution in [2.45, 2.75) is 32.6 Å². The number of benzene rings is 1. The number of hydrogen-bond donors (Lipinski definition) is 1. The van der Waals surface area contributed by atoms with Crippen LogP contribution in [0.25, 0.3) is 0 Å². The maximum Gasteiger partial charge on any atom is 0.0185 e. The molecule has 84 valence electrons. The molecular weight excluding hydrogens is 202 g/mol. The lowest BCUT2D eigenvalue weighted by Gasteiger charge is -2.14. The van der Waals surface area contributed by atoms with Crippen LogP contribution in [0.1, 0.15) is 25.0 Å². The van der Waals surface area contributed by atoms with Crippen LogP contribution in [0.2, 0.25) is 0 Å². The fourth-order valence-corrected chi connectivity index (χ4v) is 2.50. The van der Waals surface area contributed by atoms with Crippen molar-refractivity contribution in [3.8, 4) is 0 Å². The third kappa shape index (κ3) is 4.72. The molecule has 0 amide bonds. The van der Waals surface area contributed by atoms with E-state index in [-0.39, 0.29) is 0 Å². The smallest absolute Gasteiger partial charge is 0.0185 e. The van der Waals surface area contributed by atoms with Gasteiger partial charge in [-0.15, -0.1) is 0 Å². The molecule has 0 aliphatic heterocycles. The van der Waals surface area contributed by atoms with E-state index in [4.69, 9.17) is 5.73 Å². The van der Waals surface area contributed by atoms with Crippen LogP contribution < -0.4 is 5.73 Å². The quantitative estimate of drug-likeness (QED) is 0.829. The van der Waals surface area contributed by atoms with Crippen LogP contribution in [-0.4, -0.2) is 11.8 Å². The zero-order valence-electron chi connectivity index (χ0n) is 9.86. The van der Waals surface area contributed by atoms with Crippen molar-refractivity contribution >= 4 is 11.8 Å². The molecule has 0 saturated heterocycles. The highest BCUT2D eigenvalue weighted by molar-refractivity contribution is 7.98. The Morgan fingerprint density at radius 3 is 2.67 bits per heavy atom. The number of aryl methyl sites for hydroxylation is 1. The van der Waals surface area contributed by atoms with Gasteiger partial charge in [0.1, 0.15) is 0 Å². The minimum Gasteiger partial charge on any atom is -0.327 e. The second-order valence-electron chi connectivity index (χ2n) is 4.41. The minimum absolute atomic E-state index is 0.319. The summed E-state index contributed by atoms with van der Waals surface area (Å²) in [6.07, 6.45) is 0. The lowest BCUT2D eigenvalue weighted by Crippen LogP contribution is -2.28. The molecule has 0 spiro atoms. The Balaban J connectivity index is 2.32. The molecule has 0 heterocycles. The lowest BCUT2D eigenvalue weighted by atomic mass is 10.1. The van der Waals surface area contributed by atoms with Crippen LogP contribution in [0.15, 0.2) is 24.3 Å². The van der Waals surface area contributed by atoms with Gasteiger partial charge in [-0.3, -0.25) is 0 Å². The molecule has 0 radical (unpaired) electrons. The number of nitrogens with two attached hydrogens (primary N) is 1. The van der Waals surface area contributed by atoms with E-state index < -0.39 is 0 Å². The molecule has 1 unspecified atom stereocenters. The third-order valence-electron chi connectivity index (χ3n) is 2.52. The Bertz CT molecular complexity index is 296. The van der Waals surface area contributed by atoms with E-state index in [0.29, 0.717) is 12.0 Å². The standard InChI is InChI=1S/C13H21NS/c1-10(2)13(14)9-15-8-12-6-4-5-11(3)7-12/h4-7,10,13H,8-9,14H2,1-3H3. The molecule has 2 N–H and O–H groups in total. The Hall–Kier alpha value is -0.470. The van der Waals surface area contributed by atoms with Gasteiger partial charge in [-0.1, -0.05) is 43.7 Å². The monoisotopic (exact) mass is 223 g/mol. The van der Waals surface area contributed by atoms with Crippen molar-refractivity contribution in [3.05, 3.63) is 35.4 Å². The van der Waals surface area contributed by atoms with Crippen LogP contribution in [0, 0.1) is 12.8 Å². The Kier molecular flexibility index (Phi) is 5.20. The van der Waals surface area contributed by atoms with Crippen LogP contribution >= 0.6 is 11.8 Å². The van der Waals surface area contributed by atoms with E-state index in [9.17, 15) is 0 Å². The first-order chi connectivity index (χ1) is 7.09. The molecule has 0 aromatic heterocycles. The first-order valence-electron chi connectivity index (χ1n) is 5.48. The maximum atomic E-state index is 5.99. The van der Waals surface area contributed by atoms with Gasteiger partial charge in [0, 0.05) is 17.5 Å². The van der Waals surface area contributed by atoms with Crippen molar-refractivity contribution in [2.75, 3.05) is 5.75 Å². The summed E-state index contributed by atoms with van der Waals surface area (Å²) in [5.74, 6) is 2.70. The molecular formula is C13H21NS. The highest BCUT2D eigenvalue weighted by Crippen LogP contribution is 2.15. The van der Waals surface area contributed by atoms with E-state index in [1.54, 1.807) is 0 Å². The van der Waals surface area contributed by atoms with E-state index in [2.05, 4.69) is 45.0 Å². The first kappa shape index (κ1) is 12.6. The zero-order valence-corrected chi connectivity index (χ0v) is 10.7. The van der Waals surface area contributed by atoms with Gasteiger partial charge in [0.2, 0.25) is 0 Å². The summed E-state index contributed by atoms with van der Waals surface area (Å²) in [6, 6.07) is 9.00. The van der Waals surface area contributed by atoms with Gasteiger partial charge in [0.25, 0.3) is 0 Å². The van der Waals surface area contributed by atoms with Gasteiger partial charge in [0.15, 0.2) is 0 Å². The first-order valence-corrected chi connectivity index (χ1v) is 6.64. The van der Waals surface area contributed by atoms with Crippen LogP contribution in [0.5, 0.6) is 0 Å². The maximum absolute atomic E-state index is 5.99. The van der Waals surface area contributed by atoms with Gasteiger partial charge in [0.05, 0.1) is 0 Å². The second-order valence-corrected chi connectivity index (χ2v) is 5.44. The molecule has 0 fully saturated rings. The Morgan fingerprint density at radius 2 is 2.07 bits per heavy atom. The molecule has 1 aromatic carbocycles. The normalized spacial score (nSPS) is 13.1. The predicted octanol–water partition coefficient (Wildman–Crippen LogP) is 3.21. The summed E-state index contributed by atoms with van der Waals surface area (Å²) >= 11 is 1.93. The molecule has 2 heteroatoms. The third-order valence-corrected chi connectivity index (χ3v) is 3.68. The number of hydrogen-bond acceptors (Lipinski definition) is 2. The summed E-state index contributed by atoms with van der Waals surface area (Å²) in [7, 11) is 0. The van der Waals surface area contributed by atoms with Gasteiger partial charge < -0.3 is 5.73 Å². The minimum atomic E-state index is 0.319. The molecule has 1 nitrogen and oxygen atoms in total. The van der Waals surface area contributed by atoms with Crippen molar-refractivity contribution in [2.24, 2.45) is 11.7 Å². The molecule has 0 aliphatic carbocycles. The highest BCUT2D eigenvalue weighted by atomic mass is 32.2. The lowest BCUT2D eigenvalue weighted by molar-refractivity contribution is 0.535. The van der Waals surface area contributed by atoms with Crippen molar-refractivity contribution < 1.29 is 0 Å². The highest BCUT2D eigenvalue weighted by Gasteiger charge is 2.06. The van der Waals surface area contributed by atoms with Gasteiger partial charge in [-0.2, -0.15) is 11.8 Å². The Morgan fingerprint density at radius 1 is 1.33 bits per heavy atom. The largest absolute Gasteiger partial charge is 0.327 e. The van der Waals surface area contributed by atoms with Gasteiger partial charge in [-0.25, -0.2) is 0 Å². The molecule has 1 aromatic rings. The van der Waals surface area contributed by atoms with E-state index in [1.165, 1.54) is 11.1 Å². The molecule has 1 atom stereocenters.